The van der Waals surface area contributed by atoms with Crippen LogP contribution in [0.3, 0.4) is 0 Å². The van der Waals surface area contributed by atoms with Gasteiger partial charge in [-0.3, -0.25) is 10.1 Å². The van der Waals surface area contributed by atoms with Crippen molar-refractivity contribution in [1.29, 1.82) is 0 Å². The third-order valence-corrected chi connectivity index (χ3v) is 3.43. The monoisotopic (exact) mass is 285 g/mol. The van der Waals surface area contributed by atoms with Gasteiger partial charge in [0.1, 0.15) is 5.69 Å². The number of nitrogens with two attached hydrogens (primary N) is 1. The molecule has 2 N–H and O–H groups in total. The maximum Gasteiger partial charge on any atom is 0.294 e. The lowest BCUT2D eigenvalue weighted by molar-refractivity contribution is -0.384. The van der Waals surface area contributed by atoms with Crippen molar-refractivity contribution in [3.63, 3.8) is 0 Å². The van der Waals surface area contributed by atoms with Crippen molar-refractivity contribution in [1.82, 2.24) is 0 Å². The fourth-order valence-corrected chi connectivity index (χ4v) is 1.93. The Balaban J connectivity index is 2.82. The minimum Gasteiger partial charge on any atom is -0.369 e. The van der Waals surface area contributed by atoms with Crippen LogP contribution in [0, 0.1) is 16.0 Å². The lowest BCUT2D eigenvalue weighted by Crippen LogP contribution is -2.32. The molecule has 0 aromatic heterocycles. The number of nitro groups is 1. The van der Waals surface area contributed by atoms with Gasteiger partial charge in [-0.15, -0.1) is 0 Å². The lowest BCUT2D eigenvalue weighted by Gasteiger charge is -2.23. The predicted molar refractivity (Wildman–Crippen MR) is 78.8 cm³/mol. The van der Waals surface area contributed by atoms with E-state index < -0.39 is 4.92 Å². The Bertz CT molecular complexity index is 452. The van der Waals surface area contributed by atoms with Crippen LogP contribution in [-0.2, 0) is 0 Å². The third kappa shape index (κ3) is 4.36. The van der Waals surface area contributed by atoms with Crippen molar-refractivity contribution in [2.24, 2.45) is 11.7 Å². The van der Waals surface area contributed by atoms with Gasteiger partial charge in [0.15, 0.2) is 0 Å². The Hall–Kier alpha value is -1.33. The zero-order valence-corrected chi connectivity index (χ0v) is 12.2. The smallest absolute Gasteiger partial charge is 0.294 e. The van der Waals surface area contributed by atoms with E-state index in [0.29, 0.717) is 23.2 Å². The molecular formula is C13H20ClN3O2. The molecule has 6 heteroatoms. The Morgan fingerprint density at radius 1 is 1.47 bits per heavy atom. The molecule has 0 aliphatic heterocycles. The molecule has 0 amide bonds. The third-order valence-electron chi connectivity index (χ3n) is 3.20. The van der Waals surface area contributed by atoms with E-state index in [9.17, 15) is 10.1 Å². The SMILES string of the molecule is CC(C)C(N)CCN(C)c1ccc(Cl)cc1[N+](=O)[O-]. The number of nitro benzene ring substituents is 1. The number of hydrogen-bond donors (Lipinski definition) is 1. The summed E-state index contributed by atoms with van der Waals surface area (Å²) >= 11 is 5.79. The van der Waals surface area contributed by atoms with Crippen LogP contribution in [-0.4, -0.2) is 24.6 Å². The van der Waals surface area contributed by atoms with Crippen LogP contribution in [0.2, 0.25) is 5.02 Å². The maximum atomic E-state index is 11.0. The van der Waals surface area contributed by atoms with Gasteiger partial charge >= 0.3 is 0 Å². The van der Waals surface area contributed by atoms with E-state index >= 15 is 0 Å². The second-order valence-corrected chi connectivity index (χ2v) is 5.44. The van der Waals surface area contributed by atoms with Gasteiger partial charge < -0.3 is 10.6 Å². The highest BCUT2D eigenvalue weighted by Crippen LogP contribution is 2.30. The predicted octanol–water partition coefficient (Wildman–Crippen LogP) is 3.06. The number of nitrogens with zero attached hydrogens (tertiary/aromatic N) is 2. The summed E-state index contributed by atoms with van der Waals surface area (Å²) in [7, 11) is 1.82. The van der Waals surface area contributed by atoms with Crippen molar-refractivity contribution in [2.45, 2.75) is 26.3 Å². The number of hydrogen-bond acceptors (Lipinski definition) is 4. The molecule has 5 nitrogen and oxygen atoms in total. The first kappa shape index (κ1) is 15.7. The molecule has 19 heavy (non-hydrogen) atoms. The van der Waals surface area contributed by atoms with Crippen LogP contribution >= 0.6 is 11.6 Å². The van der Waals surface area contributed by atoms with Gasteiger partial charge in [-0.1, -0.05) is 25.4 Å². The first-order valence-electron chi connectivity index (χ1n) is 6.23. The fourth-order valence-electron chi connectivity index (χ4n) is 1.76. The van der Waals surface area contributed by atoms with Gasteiger partial charge in [-0.2, -0.15) is 0 Å². The van der Waals surface area contributed by atoms with E-state index in [-0.39, 0.29) is 11.7 Å². The van der Waals surface area contributed by atoms with E-state index in [1.807, 2.05) is 11.9 Å². The summed E-state index contributed by atoms with van der Waals surface area (Å²) in [4.78, 5) is 12.4. The van der Waals surface area contributed by atoms with E-state index in [4.69, 9.17) is 17.3 Å². The highest BCUT2D eigenvalue weighted by molar-refractivity contribution is 6.30. The summed E-state index contributed by atoms with van der Waals surface area (Å²) in [5.41, 5.74) is 6.57. The highest BCUT2D eigenvalue weighted by atomic mass is 35.5. The molecule has 0 radical (unpaired) electrons. The van der Waals surface area contributed by atoms with Crippen molar-refractivity contribution < 1.29 is 4.92 Å². The Morgan fingerprint density at radius 2 is 2.11 bits per heavy atom. The van der Waals surface area contributed by atoms with Crippen LogP contribution in [0.4, 0.5) is 11.4 Å². The van der Waals surface area contributed by atoms with Crippen LogP contribution in [0.15, 0.2) is 18.2 Å². The summed E-state index contributed by atoms with van der Waals surface area (Å²) in [5.74, 6) is 0.397. The molecule has 106 valence electrons. The summed E-state index contributed by atoms with van der Waals surface area (Å²) in [5, 5.41) is 11.4. The molecule has 0 fully saturated rings. The Labute approximate surface area is 118 Å². The Morgan fingerprint density at radius 3 is 2.63 bits per heavy atom. The van der Waals surface area contributed by atoms with Gasteiger partial charge in [0.2, 0.25) is 0 Å². The summed E-state index contributed by atoms with van der Waals surface area (Å²) < 4.78 is 0. The topological polar surface area (TPSA) is 72.4 Å². The molecule has 0 saturated heterocycles. The highest BCUT2D eigenvalue weighted by Gasteiger charge is 2.18. The lowest BCUT2D eigenvalue weighted by atomic mass is 10.0. The van der Waals surface area contributed by atoms with E-state index in [0.717, 1.165) is 6.42 Å². The van der Waals surface area contributed by atoms with Gasteiger partial charge in [-0.25, -0.2) is 0 Å². The largest absolute Gasteiger partial charge is 0.369 e. The van der Waals surface area contributed by atoms with Gasteiger partial charge in [0.25, 0.3) is 5.69 Å². The molecule has 0 aliphatic rings. The number of benzene rings is 1. The van der Waals surface area contributed by atoms with Crippen molar-refractivity contribution >= 4 is 23.0 Å². The molecule has 0 aliphatic carbocycles. The zero-order chi connectivity index (χ0) is 14.6. The van der Waals surface area contributed by atoms with Crippen molar-refractivity contribution in [3.8, 4) is 0 Å². The first-order chi connectivity index (χ1) is 8.82. The van der Waals surface area contributed by atoms with E-state index in [1.54, 1.807) is 12.1 Å². The van der Waals surface area contributed by atoms with E-state index in [1.165, 1.54) is 6.07 Å². The van der Waals surface area contributed by atoms with E-state index in [2.05, 4.69) is 13.8 Å². The zero-order valence-electron chi connectivity index (χ0n) is 11.5. The number of anilines is 1. The number of rotatable bonds is 6. The standard InChI is InChI=1S/C13H20ClN3O2/c1-9(2)11(15)6-7-16(3)12-5-4-10(14)8-13(12)17(18)19/h4-5,8-9,11H,6-7,15H2,1-3H3. The molecule has 1 unspecified atom stereocenters. The minimum absolute atomic E-state index is 0.0214. The molecule has 1 atom stereocenters. The average molecular weight is 286 g/mol. The van der Waals surface area contributed by atoms with Crippen LogP contribution in [0.25, 0.3) is 0 Å². The second-order valence-electron chi connectivity index (χ2n) is 5.01. The van der Waals surface area contributed by atoms with Crippen LogP contribution in [0.1, 0.15) is 20.3 Å². The molecule has 0 bridgehead atoms. The normalized spacial score (nSPS) is 12.5. The fraction of sp³-hybridized carbons (Fsp3) is 0.538. The van der Waals surface area contributed by atoms with Crippen molar-refractivity contribution in [2.75, 3.05) is 18.5 Å². The molecule has 0 spiro atoms. The molecule has 0 saturated carbocycles. The quantitative estimate of drug-likeness (QED) is 0.644. The van der Waals surface area contributed by atoms with Gasteiger partial charge in [0, 0.05) is 30.7 Å². The summed E-state index contributed by atoms with van der Waals surface area (Å²) in [6.45, 7) is 4.80. The van der Waals surface area contributed by atoms with Gasteiger partial charge in [0.05, 0.1) is 4.92 Å². The molecule has 0 heterocycles. The van der Waals surface area contributed by atoms with Crippen molar-refractivity contribution in [3.05, 3.63) is 33.3 Å². The number of halogens is 1. The van der Waals surface area contributed by atoms with Crippen LogP contribution < -0.4 is 10.6 Å². The first-order valence-corrected chi connectivity index (χ1v) is 6.61. The van der Waals surface area contributed by atoms with Gasteiger partial charge in [-0.05, 0) is 24.5 Å². The molecule has 1 aromatic carbocycles. The summed E-state index contributed by atoms with van der Waals surface area (Å²) in [6, 6.07) is 4.79. The summed E-state index contributed by atoms with van der Waals surface area (Å²) in [6.07, 6.45) is 0.786. The minimum atomic E-state index is -0.417. The van der Waals surface area contributed by atoms with Crippen LogP contribution in [0.5, 0.6) is 0 Å². The second kappa shape index (κ2) is 6.73. The maximum absolute atomic E-state index is 11.0. The average Bonchev–Trinajstić information content (AvgIpc) is 2.35. The Kier molecular flexibility index (Phi) is 5.57. The molecular weight excluding hydrogens is 266 g/mol. The molecule has 1 rings (SSSR count). The molecule has 1 aromatic rings.